The van der Waals surface area contributed by atoms with Gasteiger partial charge in [-0.25, -0.2) is 4.79 Å². The maximum atomic E-state index is 11.7. The highest BCUT2D eigenvalue weighted by Gasteiger charge is 2.25. The molecular weight excluding hydrogens is 500 g/mol. The number of rotatable bonds is 8. The van der Waals surface area contributed by atoms with E-state index in [9.17, 15) is 4.79 Å². The molecule has 2 aliphatic rings. The molecule has 0 amide bonds. The van der Waals surface area contributed by atoms with Gasteiger partial charge in [-0.05, 0) is 59.4 Å². The van der Waals surface area contributed by atoms with Crippen molar-refractivity contribution in [2.24, 2.45) is 0 Å². The van der Waals surface area contributed by atoms with Gasteiger partial charge in [0, 0.05) is 47.7 Å². The minimum absolute atomic E-state index is 0.341. The Bertz CT molecular complexity index is 1280. The van der Waals surface area contributed by atoms with Gasteiger partial charge in [0.1, 0.15) is 0 Å². The van der Waals surface area contributed by atoms with Gasteiger partial charge in [0.05, 0.1) is 12.7 Å². The number of benzene rings is 3. The molecule has 0 bridgehead atoms. The zero-order valence-electron chi connectivity index (χ0n) is 22.9. The van der Waals surface area contributed by atoms with E-state index in [2.05, 4.69) is 71.5 Å². The van der Waals surface area contributed by atoms with Crippen molar-refractivity contribution in [1.82, 2.24) is 4.90 Å². The molecule has 1 aliphatic heterocycles. The standard InChI is InChI=1S/C34H38N2O2S/c1-25(39-26(2)28-11-15-31(16-12-28)34(37)38-3)27-9-13-29(14-10-27)30-17-19-33(20-18-30)36-23-21-35(22-24-36)32-7-5-4-6-8-32/h9-20,32H,1-2,4-8,21-24H2,3H3. The van der Waals surface area contributed by atoms with E-state index in [4.69, 9.17) is 4.74 Å². The average molecular weight is 539 g/mol. The van der Waals surface area contributed by atoms with Gasteiger partial charge in [-0.3, -0.25) is 4.90 Å². The molecule has 0 N–H and O–H groups in total. The van der Waals surface area contributed by atoms with E-state index in [0.29, 0.717) is 5.56 Å². The van der Waals surface area contributed by atoms with E-state index in [1.807, 2.05) is 12.1 Å². The van der Waals surface area contributed by atoms with Gasteiger partial charge in [0.2, 0.25) is 0 Å². The first-order valence-electron chi connectivity index (χ1n) is 14.0. The average Bonchev–Trinajstić information content (AvgIpc) is 3.01. The van der Waals surface area contributed by atoms with Crippen LogP contribution in [0.15, 0.2) is 86.0 Å². The van der Waals surface area contributed by atoms with Crippen LogP contribution in [-0.2, 0) is 4.74 Å². The second kappa shape index (κ2) is 12.7. The molecule has 1 saturated carbocycles. The van der Waals surface area contributed by atoms with Crippen LogP contribution in [0.25, 0.3) is 20.9 Å². The zero-order chi connectivity index (χ0) is 27.2. The van der Waals surface area contributed by atoms with Gasteiger partial charge in [0.25, 0.3) is 0 Å². The number of thioether (sulfide) groups is 1. The molecule has 0 unspecified atom stereocenters. The molecule has 1 heterocycles. The summed E-state index contributed by atoms with van der Waals surface area (Å²) in [4.78, 5) is 18.8. The minimum atomic E-state index is -0.341. The molecule has 0 atom stereocenters. The maximum Gasteiger partial charge on any atom is 0.337 e. The predicted molar refractivity (Wildman–Crippen MR) is 166 cm³/mol. The Morgan fingerprint density at radius 2 is 1.21 bits per heavy atom. The Morgan fingerprint density at radius 3 is 1.74 bits per heavy atom. The van der Waals surface area contributed by atoms with Crippen LogP contribution in [0.5, 0.6) is 0 Å². The van der Waals surface area contributed by atoms with E-state index in [1.165, 1.54) is 69.1 Å². The lowest BCUT2D eigenvalue weighted by Gasteiger charge is -2.41. The van der Waals surface area contributed by atoms with E-state index < -0.39 is 0 Å². The Balaban J connectivity index is 1.15. The number of nitrogens with zero attached hydrogens (tertiary/aromatic N) is 2. The number of carbonyl (C=O) groups excluding carboxylic acids is 1. The first-order chi connectivity index (χ1) is 19.0. The fourth-order valence-electron chi connectivity index (χ4n) is 5.68. The molecule has 0 spiro atoms. The summed E-state index contributed by atoms with van der Waals surface area (Å²) in [7, 11) is 1.38. The van der Waals surface area contributed by atoms with Crippen molar-refractivity contribution in [3.63, 3.8) is 0 Å². The van der Waals surface area contributed by atoms with Crippen LogP contribution in [0.4, 0.5) is 5.69 Å². The van der Waals surface area contributed by atoms with Crippen molar-refractivity contribution >= 4 is 33.2 Å². The Kier molecular flexibility index (Phi) is 8.90. The van der Waals surface area contributed by atoms with E-state index in [1.54, 1.807) is 23.9 Å². The van der Waals surface area contributed by atoms with Crippen LogP contribution in [0.3, 0.4) is 0 Å². The fourth-order valence-corrected chi connectivity index (χ4v) is 6.49. The van der Waals surface area contributed by atoms with Crippen LogP contribution in [0.2, 0.25) is 0 Å². The summed E-state index contributed by atoms with van der Waals surface area (Å²) >= 11 is 1.54. The summed E-state index contributed by atoms with van der Waals surface area (Å²) in [5.74, 6) is -0.341. The summed E-state index contributed by atoms with van der Waals surface area (Å²) in [5, 5.41) is 0. The van der Waals surface area contributed by atoms with Crippen LogP contribution in [0.1, 0.15) is 53.6 Å². The molecule has 3 aromatic carbocycles. The summed E-state index contributed by atoms with van der Waals surface area (Å²) in [6.07, 6.45) is 7.01. The molecule has 2 fully saturated rings. The number of anilines is 1. The summed E-state index contributed by atoms with van der Waals surface area (Å²) in [6, 6.07) is 25.7. The number of piperazine rings is 1. The van der Waals surface area contributed by atoms with Crippen LogP contribution >= 0.6 is 11.8 Å². The number of methoxy groups -OCH3 is 1. The van der Waals surface area contributed by atoms with Crippen molar-refractivity contribution in [2.75, 3.05) is 38.2 Å². The van der Waals surface area contributed by atoms with Crippen LogP contribution in [-0.4, -0.2) is 50.2 Å². The summed E-state index contributed by atoms with van der Waals surface area (Å²) < 4.78 is 4.77. The van der Waals surface area contributed by atoms with Gasteiger partial charge in [-0.2, -0.15) is 0 Å². The third kappa shape index (κ3) is 6.66. The van der Waals surface area contributed by atoms with Crippen molar-refractivity contribution in [3.05, 3.63) is 103 Å². The highest BCUT2D eigenvalue weighted by Crippen LogP contribution is 2.37. The number of hydrogen-bond acceptors (Lipinski definition) is 5. The Labute approximate surface area is 237 Å². The first kappa shape index (κ1) is 27.3. The molecular formula is C34H38N2O2S. The molecule has 4 nitrogen and oxygen atoms in total. The van der Waals surface area contributed by atoms with Crippen LogP contribution in [0, 0.1) is 0 Å². The Morgan fingerprint density at radius 1 is 0.718 bits per heavy atom. The monoisotopic (exact) mass is 538 g/mol. The van der Waals surface area contributed by atoms with Gasteiger partial charge in [0.15, 0.2) is 0 Å². The highest BCUT2D eigenvalue weighted by molar-refractivity contribution is 8.16. The molecule has 5 heteroatoms. The number of ether oxygens (including phenoxy) is 1. The highest BCUT2D eigenvalue weighted by atomic mass is 32.2. The molecule has 39 heavy (non-hydrogen) atoms. The fraction of sp³-hybridized carbons (Fsp3) is 0.324. The van der Waals surface area contributed by atoms with Crippen molar-refractivity contribution in [3.8, 4) is 11.1 Å². The van der Waals surface area contributed by atoms with E-state index in [0.717, 1.165) is 40.1 Å². The second-order valence-electron chi connectivity index (χ2n) is 10.5. The third-order valence-corrected chi connectivity index (χ3v) is 9.02. The summed E-state index contributed by atoms with van der Waals surface area (Å²) in [6.45, 7) is 13.1. The molecule has 1 saturated heterocycles. The molecule has 0 aromatic heterocycles. The lowest BCUT2D eigenvalue weighted by Crippen LogP contribution is -2.50. The van der Waals surface area contributed by atoms with E-state index >= 15 is 0 Å². The maximum absolute atomic E-state index is 11.7. The SMILES string of the molecule is C=C(SC(=C)c1ccc(-c2ccc(N3CCN(C4CCCCC4)CC3)cc2)cc1)c1ccc(C(=O)OC)cc1. The smallest absolute Gasteiger partial charge is 0.337 e. The second-order valence-corrected chi connectivity index (χ2v) is 11.6. The van der Waals surface area contributed by atoms with Gasteiger partial charge in [-0.15, -0.1) is 0 Å². The van der Waals surface area contributed by atoms with Gasteiger partial charge in [-0.1, -0.05) is 92.7 Å². The lowest BCUT2D eigenvalue weighted by molar-refractivity contribution is 0.0600. The minimum Gasteiger partial charge on any atom is -0.465 e. The molecule has 1 aliphatic carbocycles. The molecule has 3 aromatic rings. The number of esters is 1. The number of carbonyl (C=O) groups is 1. The summed E-state index contributed by atoms with van der Waals surface area (Å²) in [5.41, 5.74) is 6.30. The number of hydrogen-bond donors (Lipinski definition) is 0. The van der Waals surface area contributed by atoms with Gasteiger partial charge < -0.3 is 9.64 Å². The van der Waals surface area contributed by atoms with Crippen molar-refractivity contribution < 1.29 is 9.53 Å². The Hall–Kier alpha value is -3.28. The zero-order valence-corrected chi connectivity index (χ0v) is 23.7. The van der Waals surface area contributed by atoms with E-state index in [-0.39, 0.29) is 5.97 Å². The molecule has 202 valence electrons. The quantitative estimate of drug-likeness (QED) is 0.272. The van der Waals surface area contributed by atoms with Gasteiger partial charge >= 0.3 is 5.97 Å². The van der Waals surface area contributed by atoms with Crippen molar-refractivity contribution in [1.29, 1.82) is 0 Å². The lowest BCUT2D eigenvalue weighted by atomic mass is 9.94. The molecule has 0 radical (unpaired) electrons. The normalized spacial score (nSPS) is 16.6. The largest absolute Gasteiger partial charge is 0.465 e. The molecule has 5 rings (SSSR count). The third-order valence-electron chi connectivity index (χ3n) is 8.05. The first-order valence-corrected chi connectivity index (χ1v) is 14.8. The van der Waals surface area contributed by atoms with Crippen molar-refractivity contribution in [2.45, 2.75) is 38.1 Å². The predicted octanol–water partition coefficient (Wildman–Crippen LogP) is 7.97. The van der Waals surface area contributed by atoms with Crippen LogP contribution < -0.4 is 4.90 Å². The topological polar surface area (TPSA) is 32.8 Å².